The number of alkyl halides is 2. The molecule has 0 radical (unpaired) electrons. The van der Waals surface area contributed by atoms with E-state index in [4.69, 9.17) is 27.9 Å². The number of hydrogen-bond donors (Lipinski definition) is 1. The summed E-state index contributed by atoms with van der Waals surface area (Å²) in [6.45, 7) is 1.43. The van der Waals surface area contributed by atoms with Crippen molar-refractivity contribution in [3.05, 3.63) is 65.2 Å². The van der Waals surface area contributed by atoms with Crippen molar-refractivity contribution in [2.75, 3.05) is 19.1 Å². The van der Waals surface area contributed by atoms with Crippen LogP contribution in [0.3, 0.4) is 0 Å². The summed E-state index contributed by atoms with van der Waals surface area (Å²) < 4.78 is 5.18. The first-order valence-corrected chi connectivity index (χ1v) is 13.9. The minimum absolute atomic E-state index is 0.130. The van der Waals surface area contributed by atoms with Crippen molar-refractivity contribution >= 4 is 58.3 Å². The maximum atomic E-state index is 14.0. The Kier molecular flexibility index (Phi) is 6.14. The molecular weight excluding hydrogens is 571 g/mol. The van der Waals surface area contributed by atoms with Crippen LogP contribution in [0.4, 0.5) is 5.69 Å². The van der Waals surface area contributed by atoms with Gasteiger partial charge in [-0.2, -0.15) is 0 Å². The van der Waals surface area contributed by atoms with Crippen molar-refractivity contribution in [2.24, 2.45) is 17.8 Å². The molecule has 4 aliphatic rings. The Morgan fingerprint density at radius 3 is 2.29 bits per heavy atom. The average Bonchev–Trinajstić information content (AvgIpc) is 3.28. The van der Waals surface area contributed by atoms with Gasteiger partial charge in [0.15, 0.2) is 27.0 Å². The van der Waals surface area contributed by atoms with Gasteiger partial charge in [-0.1, -0.05) is 17.7 Å². The van der Waals surface area contributed by atoms with Gasteiger partial charge in [0, 0.05) is 18.5 Å². The second-order valence-electron chi connectivity index (χ2n) is 11.0. The van der Waals surface area contributed by atoms with Gasteiger partial charge in [0.25, 0.3) is 11.8 Å². The highest BCUT2D eigenvalue weighted by Crippen LogP contribution is 2.65. The van der Waals surface area contributed by atoms with E-state index in [9.17, 15) is 29.1 Å². The molecule has 1 N–H and O–H groups in total. The van der Waals surface area contributed by atoms with E-state index < -0.39 is 51.1 Å². The summed E-state index contributed by atoms with van der Waals surface area (Å²) >= 11 is 14.3. The number of amides is 4. The third kappa shape index (κ3) is 3.51. The first kappa shape index (κ1) is 27.5. The molecule has 2 aromatic carbocycles. The first-order valence-electron chi connectivity index (χ1n) is 13.1. The number of benzene rings is 2. The number of anilines is 1. The van der Waals surface area contributed by atoms with Crippen LogP contribution >= 0.6 is 23.2 Å². The molecule has 6 atom stereocenters. The number of ether oxygens (including phenoxy) is 1. The monoisotopic (exact) mass is 596 g/mol. The number of rotatable bonds is 4. The number of ketones is 1. The number of likely N-dealkylation sites (tertiary alicyclic amines) is 1. The number of nitrogens with zero attached hydrogens (tertiary/aromatic N) is 2. The van der Waals surface area contributed by atoms with E-state index in [1.807, 2.05) is 6.08 Å². The molecule has 11 heteroatoms. The Morgan fingerprint density at radius 2 is 1.68 bits per heavy atom. The van der Waals surface area contributed by atoms with E-state index in [2.05, 4.69) is 0 Å². The Bertz CT molecular complexity index is 1590. The predicted molar refractivity (Wildman–Crippen MR) is 149 cm³/mol. The van der Waals surface area contributed by atoms with Gasteiger partial charge in [0.1, 0.15) is 0 Å². The van der Waals surface area contributed by atoms with E-state index in [0.717, 1.165) is 9.80 Å². The number of imide groups is 2. The standard InChI is InChI=1S/C30H26Cl2N2O7/c1-14(35)15-4-7-17(8-5-15)34-25(37)19-10-9-18-20(23(19)26(34)38)13-29(31)27(39)33(2)28(40)30(29,32)24(18)16-6-11-22(41-3)21(36)12-16/h4-9,11-12,19-20,23-24,36H,10,13H2,1-3H3. The van der Waals surface area contributed by atoms with Gasteiger partial charge in [-0.3, -0.25) is 33.8 Å². The van der Waals surface area contributed by atoms with Crippen molar-refractivity contribution in [3.63, 3.8) is 0 Å². The molecule has 0 spiro atoms. The van der Waals surface area contributed by atoms with Crippen molar-refractivity contribution in [1.82, 2.24) is 4.90 Å². The van der Waals surface area contributed by atoms with Crippen LogP contribution < -0.4 is 9.64 Å². The Balaban J connectivity index is 1.48. The number of carbonyl (C=O) groups excluding carboxylic acids is 5. The third-order valence-corrected chi connectivity index (χ3v) is 10.5. The third-order valence-electron chi connectivity index (χ3n) is 9.08. The highest BCUT2D eigenvalue weighted by molar-refractivity contribution is 6.53. The zero-order valence-electron chi connectivity index (χ0n) is 22.4. The van der Waals surface area contributed by atoms with E-state index >= 15 is 0 Å². The number of fused-ring (bicyclic) bond motifs is 4. The fraction of sp³-hybridized carbons (Fsp3) is 0.367. The second-order valence-corrected chi connectivity index (χ2v) is 12.3. The molecule has 4 amide bonds. The summed E-state index contributed by atoms with van der Waals surface area (Å²) in [6, 6.07) is 10.8. The highest BCUT2D eigenvalue weighted by Gasteiger charge is 2.75. The normalized spacial score (nSPS) is 32.5. The Morgan fingerprint density at radius 1 is 1.00 bits per heavy atom. The molecule has 2 aromatic rings. The number of allylic oxidation sites excluding steroid dienone is 2. The summed E-state index contributed by atoms with van der Waals surface area (Å²) in [5, 5.41) is 10.6. The van der Waals surface area contributed by atoms with Gasteiger partial charge >= 0.3 is 0 Å². The zero-order chi connectivity index (χ0) is 29.6. The molecule has 3 fully saturated rings. The Hall–Kier alpha value is -3.69. The molecule has 6 unspecified atom stereocenters. The number of methoxy groups -OCH3 is 1. The quantitative estimate of drug-likeness (QED) is 0.246. The number of carbonyl (C=O) groups is 5. The van der Waals surface area contributed by atoms with Crippen LogP contribution in [0.5, 0.6) is 11.5 Å². The van der Waals surface area contributed by atoms with Crippen LogP contribution in [-0.4, -0.2) is 63.3 Å². The fourth-order valence-electron chi connectivity index (χ4n) is 7.10. The molecule has 1 saturated carbocycles. The minimum Gasteiger partial charge on any atom is -0.504 e. The van der Waals surface area contributed by atoms with E-state index in [-0.39, 0.29) is 36.0 Å². The summed E-state index contributed by atoms with van der Waals surface area (Å²) in [7, 11) is 2.72. The predicted octanol–water partition coefficient (Wildman–Crippen LogP) is 3.80. The van der Waals surface area contributed by atoms with Crippen LogP contribution in [0.1, 0.15) is 41.6 Å². The van der Waals surface area contributed by atoms with Crippen molar-refractivity contribution in [2.45, 2.75) is 35.4 Å². The summed E-state index contributed by atoms with van der Waals surface area (Å²) in [5.41, 5.74) is 1.83. The van der Waals surface area contributed by atoms with Gasteiger partial charge in [-0.05, 0) is 67.6 Å². The molecule has 212 valence electrons. The highest BCUT2D eigenvalue weighted by atomic mass is 35.5. The fourth-order valence-corrected chi connectivity index (χ4v) is 8.12. The van der Waals surface area contributed by atoms with Crippen LogP contribution in [0.2, 0.25) is 0 Å². The van der Waals surface area contributed by atoms with Crippen molar-refractivity contribution in [3.8, 4) is 11.5 Å². The average molecular weight is 597 g/mol. The van der Waals surface area contributed by atoms with Crippen LogP contribution in [0.15, 0.2) is 54.1 Å². The molecule has 2 aliphatic carbocycles. The first-order chi connectivity index (χ1) is 19.4. The largest absolute Gasteiger partial charge is 0.504 e. The van der Waals surface area contributed by atoms with Gasteiger partial charge in [-0.25, -0.2) is 0 Å². The van der Waals surface area contributed by atoms with Crippen LogP contribution in [0, 0.1) is 17.8 Å². The molecule has 2 heterocycles. The second kappa shape index (κ2) is 9.16. The Labute approximate surface area is 245 Å². The molecule has 41 heavy (non-hydrogen) atoms. The lowest BCUT2D eigenvalue weighted by Gasteiger charge is -2.50. The van der Waals surface area contributed by atoms with E-state index in [1.165, 1.54) is 33.2 Å². The number of hydrogen-bond acceptors (Lipinski definition) is 7. The van der Waals surface area contributed by atoms with Gasteiger partial charge in [0.05, 0.1) is 24.6 Å². The number of phenolic OH excluding ortho intramolecular Hbond substituents is 1. The summed E-state index contributed by atoms with van der Waals surface area (Å²) in [5.74, 6) is -5.56. The van der Waals surface area contributed by atoms with Gasteiger partial charge < -0.3 is 9.84 Å². The molecule has 6 rings (SSSR count). The van der Waals surface area contributed by atoms with Crippen LogP contribution in [-0.2, 0) is 19.2 Å². The number of halogens is 2. The smallest absolute Gasteiger partial charge is 0.253 e. The maximum Gasteiger partial charge on any atom is 0.253 e. The minimum atomic E-state index is -1.94. The maximum absolute atomic E-state index is 14.0. The molecule has 2 aliphatic heterocycles. The summed E-state index contributed by atoms with van der Waals surface area (Å²) in [4.78, 5) is 64.7. The lowest BCUT2D eigenvalue weighted by Crippen LogP contribution is -2.60. The molecule has 0 aromatic heterocycles. The lowest BCUT2D eigenvalue weighted by molar-refractivity contribution is -0.138. The number of aromatic hydroxyl groups is 1. The molecule has 9 nitrogen and oxygen atoms in total. The molecule has 2 saturated heterocycles. The SMILES string of the molecule is COc1ccc(C2C3=CCC4C(=O)N(c5ccc(C(C)=O)cc5)C(=O)C4C3CC3(Cl)C(=O)N(C)C(=O)C23Cl)cc1O. The van der Waals surface area contributed by atoms with Crippen LogP contribution in [0.25, 0.3) is 0 Å². The zero-order valence-corrected chi connectivity index (χ0v) is 23.9. The topological polar surface area (TPSA) is 121 Å². The van der Waals surface area contributed by atoms with Gasteiger partial charge in [0.2, 0.25) is 11.8 Å². The summed E-state index contributed by atoms with van der Waals surface area (Å²) in [6.07, 6.45) is 1.90. The molecular formula is C30H26Cl2N2O7. The van der Waals surface area contributed by atoms with Gasteiger partial charge in [-0.15, -0.1) is 23.2 Å². The number of phenols is 1. The van der Waals surface area contributed by atoms with E-state index in [1.54, 1.807) is 30.3 Å². The van der Waals surface area contributed by atoms with E-state index in [0.29, 0.717) is 22.4 Å². The molecule has 0 bridgehead atoms. The van der Waals surface area contributed by atoms with Crippen molar-refractivity contribution in [1.29, 1.82) is 0 Å². The lowest BCUT2D eigenvalue weighted by atomic mass is 9.56. The number of Topliss-reactive ketones (excluding diaryl/α,β-unsaturated/α-hetero) is 1. The van der Waals surface area contributed by atoms with Crippen molar-refractivity contribution < 1.29 is 33.8 Å².